The number of nitrogens with one attached hydrogen (secondary N) is 1. The standard InChI is InChI=1S/C17H16F6N2O/c1-3-8-7(2)9-4-11-10(5-13(26)24-11)14(17(21,22)23)15(9)25-12(8)6-16(18,19)20/h4-5,12,14,24,26H,3,6H2,1-2H3. The van der Waals surface area contributed by atoms with Crippen molar-refractivity contribution in [3.05, 3.63) is 34.0 Å². The zero-order valence-corrected chi connectivity index (χ0v) is 13.9. The topological polar surface area (TPSA) is 48.4 Å². The summed E-state index contributed by atoms with van der Waals surface area (Å²) in [5.41, 5.74) is 0.335. The molecular formula is C17H16F6N2O. The molecule has 2 aliphatic rings. The molecule has 0 amide bonds. The van der Waals surface area contributed by atoms with Gasteiger partial charge in [0.2, 0.25) is 0 Å². The highest BCUT2D eigenvalue weighted by Gasteiger charge is 2.50. The van der Waals surface area contributed by atoms with Crippen LogP contribution in [0.25, 0.3) is 6.08 Å². The van der Waals surface area contributed by atoms with E-state index in [4.69, 9.17) is 0 Å². The molecule has 1 aliphatic carbocycles. The van der Waals surface area contributed by atoms with Gasteiger partial charge in [-0.1, -0.05) is 6.92 Å². The lowest BCUT2D eigenvalue weighted by atomic mass is 9.77. The summed E-state index contributed by atoms with van der Waals surface area (Å²) in [4.78, 5) is 6.36. The molecular weight excluding hydrogens is 362 g/mol. The summed E-state index contributed by atoms with van der Waals surface area (Å²) in [7, 11) is 0. The Balaban J connectivity index is 2.21. The van der Waals surface area contributed by atoms with Gasteiger partial charge in [-0.05, 0) is 36.1 Å². The lowest BCUT2D eigenvalue weighted by Gasteiger charge is -2.34. The van der Waals surface area contributed by atoms with Gasteiger partial charge in [-0.25, -0.2) is 0 Å². The van der Waals surface area contributed by atoms with Crippen LogP contribution in [0.5, 0.6) is 5.88 Å². The van der Waals surface area contributed by atoms with Gasteiger partial charge in [0.05, 0.1) is 18.2 Å². The summed E-state index contributed by atoms with van der Waals surface area (Å²) in [6.45, 7) is 3.17. The molecule has 0 saturated carbocycles. The minimum atomic E-state index is -4.76. The monoisotopic (exact) mass is 378 g/mol. The van der Waals surface area contributed by atoms with Gasteiger partial charge in [-0.2, -0.15) is 26.3 Å². The highest BCUT2D eigenvalue weighted by molar-refractivity contribution is 6.15. The molecule has 2 heterocycles. The van der Waals surface area contributed by atoms with E-state index in [1.54, 1.807) is 6.92 Å². The zero-order chi connectivity index (χ0) is 19.4. The fraction of sp³-hybridized carbons (Fsp3) is 0.471. The molecule has 3 rings (SSSR count). The SMILES string of the molecule is CCC1=C(C)C2=Cc3[nH]c(O)cc3C(C(F)(F)F)C2=NC1CC(F)(F)F. The number of dihydropyridines is 1. The number of fused-ring (bicyclic) bond motifs is 2. The Morgan fingerprint density at radius 2 is 1.85 bits per heavy atom. The normalized spacial score (nSPS) is 23.4. The average Bonchev–Trinajstić information content (AvgIpc) is 2.82. The Kier molecular flexibility index (Phi) is 4.23. The number of rotatable bonds is 2. The molecule has 0 radical (unpaired) electrons. The summed E-state index contributed by atoms with van der Waals surface area (Å²) in [5.74, 6) is -2.62. The second-order valence-electron chi connectivity index (χ2n) is 6.41. The van der Waals surface area contributed by atoms with E-state index >= 15 is 0 Å². The van der Waals surface area contributed by atoms with Crippen LogP contribution in [0.4, 0.5) is 26.3 Å². The Hall–Kier alpha value is -2.19. The molecule has 2 unspecified atom stereocenters. The van der Waals surface area contributed by atoms with Crippen LogP contribution < -0.4 is 0 Å². The Bertz CT molecular complexity index is 825. The van der Waals surface area contributed by atoms with E-state index in [2.05, 4.69) is 9.98 Å². The van der Waals surface area contributed by atoms with Crippen LogP contribution in [0.15, 0.2) is 27.8 Å². The van der Waals surface area contributed by atoms with Crippen molar-refractivity contribution in [1.29, 1.82) is 0 Å². The van der Waals surface area contributed by atoms with Crippen molar-refractivity contribution in [2.75, 3.05) is 0 Å². The van der Waals surface area contributed by atoms with Gasteiger partial charge in [0.1, 0.15) is 5.92 Å². The molecule has 2 N–H and O–H groups in total. The number of H-pyrrole nitrogens is 1. The Morgan fingerprint density at radius 1 is 1.19 bits per heavy atom. The molecule has 1 aromatic rings. The third-order valence-electron chi connectivity index (χ3n) is 4.73. The number of allylic oxidation sites excluding steroid dienone is 2. The number of halogens is 6. The molecule has 2 atom stereocenters. The molecule has 0 bridgehead atoms. The van der Waals surface area contributed by atoms with Crippen molar-refractivity contribution < 1.29 is 31.4 Å². The van der Waals surface area contributed by atoms with Crippen molar-refractivity contribution in [2.45, 2.75) is 51.0 Å². The largest absolute Gasteiger partial charge is 0.495 e. The summed E-state index contributed by atoms with van der Waals surface area (Å²) < 4.78 is 79.9. The Labute approximate surface area is 145 Å². The quantitative estimate of drug-likeness (QED) is 0.677. The lowest BCUT2D eigenvalue weighted by molar-refractivity contribution is -0.136. The van der Waals surface area contributed by atoms with Crippen LogP contribution in [-0.4, -0.2) is 34.2 Å². The molecule has 9 heteroatoms. The van der Waals surface area contributed by atoms with Gasteiger partial charge in [-0.3, -0.25) is 4.99 Å². The minimum Gasteiger partial charge on any atom is -0.495 e. The first-order valence-electron chi connectivity index (χ1n) is 7.97. The third-order valence-corrected chi connectivity index (χ3v) is 4.73. The van der Waals surface area contributed by atoms with E-state index in [1.807, 2.05) is 0 Å². The number of aromatic nitrogens is 1. The van der Waals surface area contributed by atoms with E-state index in [0.717, 1.165) is 6.07 Å². The maximum Gasteiger partial charge on any atom is 0.401 e. The predicted octanol–water partition coefficient (Wildman–Crippen LogP) is 5.27. The fourth-order valence-electron chi connectivity index (χ4n) is 3.68. The smallest absolute Gasteiger partial charge is 0.401 e. The summed E-state index contributed by atoms with van der Waals surface area (Å²) in [5, 5.41) is 9.56. The lowest BCUT2D eigenvalue weighted by Crippen LogP contribution is -2.36. The van der Waals surface area contributed by atoms with Crippen molar-refractivity contribution >= 4 is 11.8 Å². The predicted molar refractivity (Wildman–Crippen MR) is 84.1 cm³/mol. The fourth-order valence-corrected chi connectivity index (χ4v) is 3.68. The first kappa shape index (κ1) is 18.6. The number of nitrogens with zero attached hydrogens (tertiary/aromatic N) is 1. The van der Waals surface area contributed by atoms with Crippen LogP contribution in [-0.2, 0) is 0 Å². The molecule has 1 aliphatic heterocycles. The average molecular weight is 378 g/mol. The number of aromatic amines is 1. The van der Waals surface area contributed by atoms with E-state index in [0.29, 0.717) is 11.1 Å². The van der Waals surface area contributed by atoms with Gasteiger partial charge in [0.25, 0.3) is 0 Å². The van der Waals surface area contributed by atoms with Crippen molar-refractivity contribution in [3.8, 4) is 5.88 Å². The Morgan fingerprint density at radius 3 is 2.38 bits per heavy atom. The number of aliphatic imine (C=N–C) groups is 1. The summed E-state index contributed by atoms with van der Waals surface area (Å²) >= 11 is 0. The van der Waals surface area contributed by atoms with Crippen molar-refractivity contribution in [2.24, 2.45) is 4.99 Å². The first-order valence-corrected chi connectivity index (χ1v) is 7.97. The van der Waals surface area contributed by atoms with Crippen molar-refractivity contribution in [1.82, 2.24) is 4.98 Å². The molecule has 26 heavy (non-hydrogen) atoms. The molecule has 0 saturated heterocycles. The van der Waals surface area contributed by atoms with Crippen LogP contribution in [0.2, 0.25) is 0 Å². The van der Waals surface area contributed by atoms with Crippen LogP contribution in [0, 0.1) is 0 Å². The van der Waals surface area contributed by atoms with Gasteiger partial charge in [0, 0.05) is 17.3 Å². The minimum absolute atomic E-state index is 0.0860. The van der Waals surface area contributed by atoms with Crippen molar-refractivity contribution in [3.63, 3.8) is 0 Å². The second kappa shape index (κ2) is 5.92. The molecule has 142 valence electrons. The second-order valence-corrected chi connectivity index (χ2v) is 6.41. The molecule has 0 spiro atoms. The van der Waals surface area contributed by atoms with Gasteiger partial charge in [-0.15, -0.1) is 0 Å². The molecule has 0 aromatic carbocycles. The van der Waals surface area contributed by atoms with E-state index in [1.165, 1.54) is 13.0 Å². The zero-order valence-electron chi connectivity index (χ0n) is 13.9. The summed E-state index contributed by atoms with van der Waals surface area (Å²) in [6.07, 6.45) is -8.95. The number of hydrogen-bond acceptors (Lipinski definition) is 2. The van der Waals surface area contributed by atoms with Crippen LogP contribution >= 0.6 is 0 Å². The van der Waals surface area contributed by atoms with Crippen LogP contribution in [0.3, 0.4) is 0 Å². The maximum atomic E-state index is 13.7. The highest BCUT2D eigenvalue weighted by atomic mass is 19.4. The van der Waals surface area contributed by atoms with E-state index in [9.17, 15) is 31.4 Å². The van der Waals surface area contributed by atoms with Crippen LogP contribution in [0.1, 0.15) is 43.9 Å². The third kappa shape index (κ3) is 3.14. The molecule has 0 fully saturated rings. The van der Waals surface area contributed by atoms with Gasteiger partial charge < -0.3 is 10.1 Å². The van der Waals surface area contributed by atoms with E-state index < -0.39 is 42.3 Å². The number of alkyl halides is 6. The number of aromatic hydroxyl groups is 1. The number of hydrogen-bond donors (Lipinski definition) is 2. The van der Waals surface area contributed by atoms with Gasteiger partial charge in [0.15, 0.2) is 5.88 Å². The molecule has 1 aromatic heterocycles. The first-order chi connectivity index (χ1) is 11.9. The highest BCUT2D eigenvalue weighted by Crippen LogP contribution is 2.48. The summed E-state index contributed by atoms with van der Waals surface area (Å²) in [6, 6.07) is -0.428. The van der Waals surface area contributed by atoms with Gasteiger partial charge >= 0.3 is 12.4 Å². The molecule has 3 nitrogen and oxygen atoms in total. The van der Waals surface area contributed by atoms with E-state index in [-0.39, 0.29) is 23.3 Å². The maximum absolute atomic E-state index is 13.7.